The van der Waals surface area contributed by atoms with Crippen LogP contribution >= 0.6 is 0 Å². The van der Waals surface area contributed by atoms with Gasteiger partial charge in [0.25, 0.3) is 0 Å². The summed E-state index contributed by atoms with van der Waals surface area (Å²) in [6, 6.07) is -0.0937. The first kappa shape index (κ1) is 14.4. The van der Waals surface area contributed by atoms with E-state index in [1.54, 1.807) is 0 Å². The summed E-state index contributed by atoms with van der Waals surface area (Å²) >= 11 is 0. The van der Waals surface area contributed by atoms with Crippen molar-refractivity contribution in [2.24, 2.45) is 11.5 Å². The van der Waals surface area contributed by atoms with Gasteiger partial charge >= 0.3 is 0 Å². The van der Waals surface area contributed by atoms with Crippen molar-refractivity contribution in [1.29, 1.82) is 0 Å². The van der Waals surface area contributed by atoms with Gasteiger partial charge in [0.15, 0.2) is 0 Å². The van der Waals surface area contributed by atoms with E-state index >= 15 is 0 Å². The molecule has 0 spiro atoms. The SMILES string of the molecule is CCOC(CN)CCN1CCCCC1C(N)=O. The predicted octanol–water partition coefficient (Wildman–Crippen LogP) is 0.0801. The maximum atomic E-state index is 11.3. The van der Waals surface area contributed by atoms with Crippen LogP contribution < -0.4 is 11.5 Å². The molecule has 0 bridgehead atoms. The van der Waals surface area contributed by atoms with Crippen LogP contribution in [0.15, 0.2) is 0 Å². The number of carbonyl (C=O) groups is 1. The molecule has 1 saturated heterocycles. The fraction of sp³-hybridized carbons (Fsp3) is 0.917. The molecule has 1 fully saturated rings. The van der Waals surface area contributed by atoms with Crippen LogP contribution in [0, 0.1) is 0 Å². The van der Waals surface area contributed by atoms with Gasteiger partial charge in [-0.3, -0.25) is 9.69 Å². The minimum Gasteiger partial charge on any atom is -0.377 e. The minimum absolute atomic E-state index is 0.0930. The third-order valence-corrected chi connectivity index (χ3v) is 3.35. The molecule has 5 nitrogen and oxygen atoms in total. The van der Waals surface area contributed by atoms with Gasteiger partial charge < -0.3 is 16.2 Å². The summed E-state index contributed by atoms with van der Waals surface area (Å²) in [4.78, 5) is 13.5. The summed E-state index contributed by atoms with van der Waals surface area (Å²) in [5.41, 5.74) is 11.1. The molecule has 0 radical (unpaired) electrons. The largest absolute Gasteiger partial charge is 0.377 e. The second-order valence-electron chi connectivity index (χ2n) is 4.55. The van der Waals surface area contributed by atoms with Crippen molar-refractivity contribution in [1.82, 2.24) is 4.90 Å². The lowest BCUT2D eigenvalue weighted by atomic mass is 10.0. The van der Waals surface area contributed by atoms with Crippen molar-refractivity contribution in [3.05, 3.63) is 0 Å². The monoisotopic (exact) mass is 243 g/mol. The van der Waals surface area contributed by atoms with E-state index in [1.165, 1.54) is 0 Å². The molecule has 4 N–H and O–H groups in total. The molecule has 0 saturated carbocycles. The zero-order chi connectivity index (χ0) is 12.7. The van der Waals surface area contributed by atoms with Crippen LogP contribution in [0.4, 0.5) is 0 Å². The first-order chi connectivity index (χ1) is 8.19. The van der Waals surface area contributed by atoms with E-state index < -0.39 is 0 Å². The van der Waals surface area contributed by atoms with Gasteiger partial charge in [-0.05, 0) is 32.7 Å². The van der Waals surface area contributed by atoms with E-state index in [2.05, 4.69) is 4.90 Å². The van der Waals surface area contributed by atoms with Gasteiger partial charge in [-0.15, -0.1) is 0 Å². The lowest BCUT2D eigenvalue weighted by Crippen LogP contribution is -2.48. The number of carbonyl (C=O) groups excluding carboxylic acids is 1. The highest BCUT2D eigenvalue weighted by Gasteiger charge is 2.26. The second-order valence-corrected chi connectivity index (χ2v) is 4.55. The number of piperidine rings is 1. The molecule has 0 aromatic carbocycles. The summed E-state index contributed by atoms with van der Waals surface area (Å²) in [6.45, 7) is 4.98. The maximum Gasteiger partial charge on any atom is 0.234 e. The highest BCUT2D eigenvalue weighted by molar-refractivity contribution is 5.79. The zero-order valence-corrected chi connectivity index (χ0v) is 10.7. The standard InChI is InChI=1S/C12H25N3O2/c1-2-17-10(9-13)6-8-15-7-4-3-5-11(15)12(14)16/h10-11H,2-9,13H2,1H3,(H2,14,16). The number of hydrogen-bond acceptors (Lipinski definition) is 4. The number of primary amides is 1. The van der Waals surface area contributed by atoms with Crippen LogP contribution in [0.5, 0.6) is 0 Å². The molecule has 1 rings (SSSR count). The molecule has 17 heavy (non-hydrogen) atoms. The van der Waals surface area contributed by atoms with E-state index in [1.807, 2.05) is 6.92 Å². The number of hydrogen-bond donors (Lipinski definition) is 2. The average molecular weight is 243 g/mol. The highest BCUT2D eigenvalue weighted by Crippen LogP contribution is 2.17. The number of likely N-dealkylation sites (tertiary alicyclic amines) is 1. The van der Waals surface area contributed by atoms with Crippen molar-refractivity contribution >= 4 is 5.91 Å². The average Bonchev–Trinajstić information content (AvgIpc) is 2.34. The normalized spacial score (nSPS) is 23.5. The van der Waals surface area contributed by atoms with Crippen LogP contribution in [-0.2, 0) is 9.53 Å². The first-order valence-electron chi connectivity index (χ1n) is 6.54. The molecule has 1 aliphatic rings. The van der Waals surface area contributed by atoms with Gasteiger partial charge in [0.1, 0.15) is 0 Å². The lowest BCUT2D eigenvalue weighted by Gasteiger charge is -2.34. The number of nitrogens with zero attached hydrogens (tertiary/aromatic N) is 1. The summed E-state index contributed by atoms with van der Waals surface area (Å²) in [7, 11) is 0. The van der Waals surface area contributed by atoms with E-state index in [0.717, 1.165) is 38.8 Å². The Morgan fingerprint density at radius 1 is 1.53 bits per heavy atom. The van der Waals surface area contributed by atoms with Gasteiger partial charge in [0.2, 0.25) is 5.91 Å². The Hall–Kier alpha value is -0.650. The lowest BCUT2D eigenvalue weighted by molar-refractivity contribution is -0.124. The van der Waals surface area contributed by atoms with Crippen molar-refractivity contribution in [3.63, 3.8) is 0 Å². The molecule has 0 aromatic rings. The zero-order valence-electron chi connectivity index (χ0n) is 10.7. The van der Waals surface area contributed by atoms with Gasteiger partial charge in [-0.25, -0.2) is 0 Å². The Morgan fingerprint density at radius 3 is 2.88 bits per heavy atom. The molecular weight excluding hydrogens is 218 g/mol. The highest BCUT2D eigenvalue weighted by atomic mass is 16.5. The van der Waals surface area contributed by atoms with Crippen molar-refractivity contribution in [3.8, 4) is 0 Å². The Balaban J connectivity index is 2.39. The third-order valence-electron chi connectivity index (χ3n) is 3.35. The number of amides is 1. The summed E-state index contributed by atoms with van der Waals surface area (Å²) in [6.07, 6.45) is 4.09. The molecule has 2 atom stereocenters. The molecule has 1 aliphatic heterocycles. The fourth-order valence-electron chi connectivity index (χ4n) is 2.40. The maximum absolute atomic E-state index is 11.3. The van der Waals surface area contributed by atoms with Gasteiger partial charge in [0, 0.05) is 19.7 Å². The van der Waals surface area contributed by atoms with E-state index in [9.17, 15) is 4.79 Å². The Labute approximate surface area is 103 Å². The predicted molar refractivity (Wildman–Crippen MR) is 67.5 cm³/mol. The van der Waals surface area contributed by atoms with Gasteiger partial charge in [0.05, 0.1) is 12.1 Å². The molecule has 1 amide bonds. The Bertz CT molecular complexity index is 236. The van der Waals surface area contributed by atoms with Crippen molar-refractivity contribution < 1.29 is 9.53 Å². The topological polar surface area (TPSA) is 81.6 Å². The first-order valence-corrected chi connectivity index (χ1v) is 6.54. The van der Waals surface area contributed by atoms with Crippen LogP contribution in [-0.4, -0.2) is 49.2 Å². The van der Waals surface area contributed by atoms with Crippen molar-refractivity contribution in [2.45, 2.75) is 44.8 Å². The van der Waals surface area contributed by atoms with E-state index in [0.29, 0.717) is 13.2 Å². The molecule has 1 heterocycles. The number of nitrogens with two attached hydrogens (primary N) is 2. The molecule has 2 unspecified atom stereocenters. The van der Waals surface area contributed by atoms with E-state index in [4.69, 9.17) is 16.2 Å². The third kappa shape index (κ3) is 4.61. The molecular formula is C12H25N3O2. The quantitative estimate of drug-likeness (QED) is 0.663. The van der Waals surface area contributed by atoms with E-state index in [-0.39, 0.29) is 18.1 Å². The summed E-state index contributed by atoms with van der Waals surface area (Å²) in [5, 5.41) is 0. The molecule has 0 aliphatic carbocycles. The molecule has 100 valence electrons. The number of rotatable bonds is 7. The van der Waals surface area contributed by atoms with Crippen LogP contribution in [0.25, 0.3) is 0 Å². The fourth-order valence-corrected chi connectivity index (χ4v) is 2.40. The Morgan fingerprint density at radius 2 is 2.29 bits per heavy atom. The van der Waals surface area contributed by atoms with Crippen LogP contribution in [0.2, 0.25) is 0 Å². The smallest absolute Gasteiger partial charge is 0.234 e. The van der Waals surface area contributed by atoms with Gasteiger partial charge in [-0.2, -0.15) is 0 Å². The summed E-state index contributed by atoms with van der Waals surface area (Å²) < 4.78 is 5.51. The van der Waals surface area contributed by atoms with Gasteiger partial charge in [-0.1, -0.05) is 6.42 Å². The Kier molecular flexibility index (Phi) is 6.47. The summed E-state index contributed by atoms with van der Waals surface area (Å²) in [5.74, 6) is -0.203. The van der Waals surface area contributed by atoms with Crippen molar-refractivity contribution in [2.75, 3.05) is 26.2 Å². The van der Waals surface area contributed by atoms with Crippen LogP contribution in [0.1, 0.15) is 32.6 Å². The minimum atomic E-state index is -0.203. The molecule has 5 heteroatoms. The second kappa shape index (κ2) is 7.63. The van der Waals surface area contributed by atoms with Crippen LogP contribution in [0.3, 0.4) is 0 Å². The molecule has 0 aromatic heterocycles. The number of ether oxygens (including phenoxy) is 1.